The van der Waals surface area contributed by atoms with Gasteiger partial charge in [-0.3, -0.25) is 24.6 Å². The van der Waals surface area contributed by atoms with E-state index in [0.717, 1.165) is 164 Å². The molecule has 0 bridgehead atoms. The molecule has 0 radical (unpaired) electrons. The molecule has 0 aromatic heterocycles. The van der Waals surface area contributed by atoms with Gasteiger partial charge in [-0.1, -0.05) is 84.9 Å². The van der Waals surface area contributed by atoms with Gasteiger partial charge in [-0.15, -0.1) is 0 Å². The predicted octanol–water partition coefficient (Wildman–Crippen LogP) is 6.13. The summed E-state index contributed by atoms with van der Waals surface area (Å²) in [7, 11) is 0. The second-order valence-corrected chi connectivity index (χ2v) is 16.8. The lowest BCUT2D eigenvalue weighted by Gasteiger charge is -2.40. The number of hydrogen-bond donors (Lipinski definition) is 0. The van der Waals surface area contributed by atoms with Crippen LogP contribution in [0.25, 0.3) is 21.5 Å². The van der Waals surface area contributed by atoms with Crippen LogP contribution in [0.4, 0.5) is 0 Å². The van der Waals surface area contributed by atoms with E-state index in [1.54, 1.807) is 0 Å². The van der Waals surface area contributed by atoms with Crippen molar-refractivity contribution >= 4 is 27.8 Å². The average Bonchev–Trinajstić information content (AvgIpc) is 3.29. The van der Waals surface area contributed by atoms with Crippen LogP contribution in [0.1, 0.15) is 36.8 Å². The van der Waals surface area contributed by atoms with Crippen molar-refractivity contribution in [3.05, 3.63) is 96.1 Å². The lowest BCUT2D eigenvalue weighted by atomic mass is 9.71. The van der Waals surface area contributed by atoms with Gasteiger partial charge >= 0.3 is 0 Å². The fourth-order valence-corrected chi connectivity index (χ4v) is 9.73. The van der Waals surface area contributed by atoms with Crippen molar-refractivity contribution in [3.8, 4) is 0 Å². The topological polar surface area (TPSA) is 62.2 Å². The highest BCUT2D eigenvalue weighted by atomic mass is 16.5. The maximum Gasteiger partial charge on any atom is 0.0594 e. The van der Waals surface area contributed by atoms with Gasteiger partial charge in [0.1, 0.15) is 0 Å². The minimum Gasteiger partial charge on any atom is -0.379 e. The number of ether oxygens (including phenoxy) is 4. The fraction of sp³-hybridized carbons (Fsp3) is 0.562. The molecule has 8 rings (SSSR count). The fourth-order valence-electron chi connectivity index (χ4n) is 9.73. The van der Waals surface area contributed by atoms with Gasteiger partial charge in [0.2, 0.25) is 0 Å². The predicted molar refractivity (Wildman–Crippen MR) is 232 cm³/mol. The second-order valence-electron chi connectivity index (χ2n) is 16.8. The Kier molecular flexibility index (Phi) is 14.3. The summed E-state index contributed by atoms with van der Waals surface area (Å²) < 4.78 is 23.2. The molecule has 4 aliphatic heterocycles. The third-order valence-corrected chi connectivity index (χ3v) is 13.4. The van der Waals surface area contributed by atoms with Gasteiger partial charge in [0, 0.05) is 75.9 Å². The van der Waals surface area contributed by atoms with Gasteiger partial charge in [-0.2, -0.15) is 0 Å². The molecule has 0 atom stereocenters. The highest BCUT2D eigenvalue weighted by Gasteiger charge is 2.37. The number of benzene rings is 4. The van der Waals surface area contributed by atoms with Crippen molar-refractivity contribution in [2.24, 2.45) is 4.99 Å². The molecule has 9 heteroatoms. The molecule has 4 saturated heterocycles. The number of nitrogens with zero attached hydrogens (tertiary/aromatic N) is 5. The highest BCUT2D eigenvalue weighted by Crippen LogP contribution is 2.40. The summed E-state index contributed by atoms with van der Waals surface area (Å²) >= 11 is 0. The summed E-state index contributed by atoms with van der Waals surface area (Å²) in [5, 5.41) is 5.31. The molecule has 4 heterocycles. The molecule has 0 N–H and O–H groups in total. The van der Waals surface area contributed by atoms with Crippen molar-refractivity contribution in [2.75, 3.05) is 138 Å². The van der Waals surface area contributed by atoms with Gasteiger partial charge in [-0.25, -0.2) is 0 Å². The van der Waals surface area contributed by atoms with Crippen molar-refractivity contribution in [2.45, 2.75) is 36.5 Å². The van der Waals surface area contributed by atoms with Crippen LogP contribution in [0.3, 0.4) is 0 Å². The molecular weight excluding hydrogens is 711 g/mol. The number of morpholine rings is 4. The van der Waals surface area contributed by atoms with Crippen LogP contribution in [-0.4, -0.2) is 164 Å². The molecular formula is C48H65N5O4. The first-order valence-corrected chi connectivity index (χ1v) is 21.9. The van der Waals surface area contributed by atoms with Crippen LogP contribution in [-0.2, 0) is 29.8 Å². The van der Waals surface area contributed by atoms with Crippen molar-refractivity contribution < 1.29 is 18.9 Å². The number of fused-ring (bicyclic) bond motifs is 2. The Balaban J connectivity index is 1.21. The van der Waals surface area contributed by atoms with E-state index in [2.05, 4.69) is 111 Å². The Hall–Kier alpha value is -3.25. The largest absolute Gasteiger partial charge is 0.379 e. The number of aliphatic imine (C=N–C) groups is 1. The first-order chi connectivity index (χ1) is 28.2. The van der Waals surface area contributed by atoms with Crippen molar-refractivity contribution in [1.29, 1.82) is 0 Å². The monoisotopic (exact) mass is 776 g/mol. The molecule has 57 heavy (non-hydrogen) atoms. The van der Waals surface area contributed by atoms with E-state index in [1.807, 2.05) is 0 Å². The number of hydrogen-bond acceptors (Lipinski definition) is 9. The standard InChI is InChI=1S/C48H65N5O4/c1-3-11-43-41(7-1)9-5-13-45(43)47(15-19-50-23-31-54-32-24-50,16-20-51-25-33-55-34-26-51)39-49-40-48(17-21-52-27-35-56-36-28-52,18-22-53-29-37-57-38-30-53)46-14-6-10-42-8-2-4-12-44(42)46/h1-14,39H,15-38,40H2. The van der Waals surface area contributed by atoms with Crippen LogP contribution in [0, 0.1) is 0 Å². The van der Waals surface area contributed by atoms with Gasteiger partial charge in [0.05, 0.1) is 52.9 Å². The SMILES string of the molecule is C(=NCC(CCN1CCOCC1)(CCN1CCOCC1)c1cccc2ccccc12)C(CCN1CCOCC1)(CCN1CCOCC1)c1cccc2ccccc12. The molecule has 0 unspecified atom stereocenters. The molecule has 4 aliphatic rings. The lowest BCUT2D eigenvalue weighted by Crippen LogP contribution is -2.45. The summed E-state index contributed by atoms with van der Waals surface area (Å²) in [5.41, 5.74) is 2.43. The molecule has 9 nitrogen and oxygen atoms in total. The summed E-state index contributed by atoms with van der Waals surface area (Å²) in [5.74, 6) is 0. The third-order valence-electron chi connectivity index (χ3n) is 13.4. The van der Waals surface area contributed by atoms with Gasteiger partial charge < -0.3 is 18.9 Å². The van der Waals surface area contributed by atoms with E-state index < -0.39 is 0 Å². The molecule has 0 saturated carbocycles. The second kappa shape index (κ2) is 20.1. The van der Waals surface area contributed by atoms with Crippen LogP contribution in [0.5, 0.6) is 0 Å². The minimum absolute atomic E-state index is 0.160. The van der Waals surface area contributed by atoms with E-state index in [1.165, 1.54) is 32.7 Å². The Labute approximate surface area is 340 Å². The molecule has 306 valence electrons. The highest BCUT2D eigenvalue weighted by molar-refractivity contribution is 5.91. The quantitative estimate of drug-likeness (QED) is 0.119. The van der Waals surface area contributed by atoms with Crippen LogP contribution < -0.4 is 0 Å². The van der Waals surface area contributed by atoms with Crippen molar-refractivity contribution in [3.63, 3.8) is 0 Å². The maximum atomic E-state index is 5.84. The molecule has 4 aromatic carbocycles. The van der Waals surface area contributed by atoms with E-state index in [-0.39, 0.29) is 10.8 Å². The van der Waals surface area contributed by atoms with E-state index in [9.17, 15) is 0 Å². The molecule has 4 aromatic rings. The van der Waals surface area contributed by atoms with E-state index in [4.69, 9.17) is 23.9 Å². The van der Waals surface area contributed by atoms with Crippen LogP contribution >= 0.6 is 0 Å². The number of rotatable bonds is 17. The molecule has 0 aliphatic carbocycles. The van der Waals surface area contributed by atoms with Gasteiger partial charge in [0.25, 0.3) is 0 Å². The normalized spacial score (nSPS) is 20.2. The smallest absolute Gasteiger partial charge is 0.0594 e. The summed E-state index contributed by atoms with van der Waals surface area (Å²) in [6, 6.07) is 31.9. The maximum absolute atomic E-state index is 5.84. The zero-order valence-electron chi connectivity index (χ0n) is 34.2. The van der Waals surface area contributed by atoms with Gasteiger partial charge in [-0.05, 0) is 84.5 Å². The van der Waals surface area contributed by atoms with E-state index in [0.29, 0.717) is 0 Å². The Bertz CT molecular complexity index is 1810. The summed E-state index contributed by atoms with van der Waals surface area (Å²) in [6.07, 6.45) is 6.57. The Morgan fingerprint density at radius 3 is 1.26 bits per heavy atom. The van der Waals surface area contributed by atoms with Crippen LogP contribution in [0.15, 0.2) is 89.9 Å². The first-order valence-electron chi connectivity index (χ1n) is 21.9. The van der Waals surface area contributed by atoms with Crippen molar-refractivity contribution in [1.82, 2.24) is 19.6 Å². The minimum atomic E-state index is -0.254. The molecule has 0 amide bonds. The van der Waals surface area contributed by atoms with Crippen LogP contribution in [0.2, 0.25) is 0 Å². The average molecular weight is 776 g/mol. The zero-order valence-corrected chi connectivity index (χ0v) is 34.2. The summed E-state index contributed by atoms with van der Waals surface area (Å²) in [4.78, 5) is 16.3. The first kappa shape index (κ1) is 40.5. The Morgan fingerprint density at radius 2 is 0.807 bits per heavy atom. The zero-order chi connectivity index (χ0) is 38.6. The molecule has 4 fully saturated rings. The van der Waals surface area contributed by atoms with E-state index >= 15 is 0 Å². The lowest BCUT2D eigenvalue weighted by molar-refractivity contribution is 0.0283. The Morgan fingerprint density at radius 1 is 0.439 bits per heavy atom. The summed E-state index contributed by atoms with van der Waals surface area (Å²) in [6.45, 7) is 19.2. The molecule has 0 spiro atoms. The van der Waals surface area contributed by atoms with Gasteiger partial charge in [0.15, 0.2) is 0 Å². The third kappa shape index (κ3) is 10.3.